The van der Waals surface area contributed by atoms with E-state index in [1.54, 1.807) is 32.3 Å². The summed E-state index contributed by atoms with van der Waals surface area (Å²) in [6.45, 7) is 5.03. The number of rotatable bonds is 4. The zero-order valence-corrected chi connectivity index (χ0v) is 16.3. The maximum atomic E-state index is 15.1. The van der Waals surface area contributed by atoms with Crippen molar-refractivity contribution in [3.8, 4) is 11.4 Å². The predicted molar refractivity (Wildman–Crippen MR) is 105 cm³/mol. The Morgan fingerprint density at radius 2 is 2.03 bits per heavy atom. The van der Waals surface area contributed by atoms with Crippen molar-refractivity contribution < 1.29 is 18.0 Å². The largest absolute Gasteiger partial charge is 0.436 e. The highest BCUT2D eigenvalue weighted by atomic mass is 19.1. The van der Waals surface area contributed by atoms with Crippen molar-refractivity contribution >= 4 is 23.4 Å². The highest BCUT2D eigenvalue weighted by Gasteiger charge is 2.23. The molecule has 0 radical (unpaired) electrons. The van der Waals surface area contributed by atoms with E-state index in [1.807, 2.05) is 13.0 Å². The van der Waals surface area contributed by atoms with Crippen LogP contribution in [0, 0.1) is 25.5 Å². The molecule has 4 aromatic rings. The predicted octanol–water partition coefficient (Wildman–Crippen LogP) is 3.96. The summed E-state index contributed by atoms with van der Waals surface area (Å²) in [5.41, 5.74) is 0.390. The third kappa shape index (κ3) is 3.43. The molecule has 0 fully saturated rings. The Labute approximate surface area is 169 Å². The van der Waals surface area contributed by atoms with E-state index in [0.29, 0.717) is 11.6 Å². The van der Waals surface area contributed by atoms with E-state index in [1.165, 1.54) is 4.52 Å². The average molecular weight is 410 g/mol. The van der Waals surface area contributed by atoms with Gasteiger partial charge in [-0.15, -0.1) is 5.10 Å². The Kier molecular flexibility index (Phi) is 4.82. The Morgan fingerprint density at radius 3 is 2.73 bits per heavy atom. The van der Waals surface area contributed by atoms with Crippen LogP contribution < -0.4 is 5.32 Å². The molecule has 0 aliphatic rings. The molecule has 0 bridgehead atoms. The van der Waals surface area contributed by atoms with E-state index >= 15 is 4.39 Å². The van der Waals surface area contributed by atoms with Crippen LogP contribution in [-0.4, -0.2) is 30.5 Å². The highest BCUT2D eigenvalue weighted by molar-refractivity contribution is 6.03. The Bertz CT molecular complexity index is 1310. The van der Waals surface area contributed by atoms with Crippen LogP contribution in [0.1, 0.15) is 34.6 Å². The maximum Gasteiger partial charge on any atom is 0.293 e. The summed E-state index contributed by atoms with van der Waals surface area (Å²) in [7, 11) is 0. The molecule has 0 spiro atoms. The van der Waals surface area contributed by atoms with E-state index < -0.39 is 23.1 Å². The molecule has 4 rings (SSSR count). The molecule has 30 heavy (non-hydrogen) atoms. The van der Waals surface area contributed by atoms with E-state index in [0.717, 1.165) is 17.7 Å². The number of anilines is 1. The van der Waals surface area contributed by atoms with E-state index in [4.69, 9.17) is 4.42 Å². The zero-order valence-electron chi connectivity index (χ0n) is 16.3. The molecular formula is C20H16F2N6O2. The first kappa shape index (κ1) is 19.4. The van der Waals surface area contributed by atoms with Crippen molar-refractivity contribution in [3.05, 3.63) is 65.1 Å². The number of fused-ring (bicyclic) bond motifs is 1. The second-order valence-electron chi connectivity index (χ2n) is 6.45. The number of carbonyl (C=O) groups is 1. The van der Waals surface area contributed by atoms with Gasteiger partial charge < -0.3 is 9.73 Å². The summed E-state index contributed by atoms with van der Waals surface area (Å²) >= 11 is 0. The molecular weight excluding hydrogens is 394 g/mol. The molecule has 8 nitrogen and oxygen atoms in total. The monoisotopic (exact) mass is 410 g/mol. The van der Waals surface area contributed by atoms with Gasteiger partial charge in [-0.25, -0.2) is 23.3 Å². The van der Waals surface area contributed by atoms with Gasteiger partial charge in [-0.05, 0) is 26.0 Å². The van der Waals surface area contributed by atoms with Crippen LogP contribution in [0.3, 0.4) is 0 Å². The Balaban J connectivity index is 1.73. The first-order valence-corrected chi connectivity index (χ1v) is 8.96. The summed E-state index contributed by atoms with van der Waals surface area (Å²) in [6.07, 6.45) is 6.83. The van der Waals surface area contributed by atoms with Gasteiger partial charge in [0.1, 0.15) is 5.82 Å². The SMILES string of the molecule is C/C=C/c1cnc2nc(-c3c(F)ccc(NC(=O)c4oc(C)nc4C)c3F)nn2c1. The molecule has 10 heteroatoms. The van der Waals surface area contributed by atoms with Gasteiger partial charge in [0.05, 0.1) is 16.9 Å². The fraction of sp³-hybridized carbons (Fsp3) is 0.150. The van der Waals surface area contributed by atoms with Gasteiger partial charge >= 0.3 is 0 Å². The smallest absolute Gasteiger partial charge is 0.293 e. The number of allylic oxidation sites excluding steroid dienone is 1. The van der Waals surface area contributed by atoms with Crippen molar-refractivity contribution in [2.45, 2.75) is 20.8 Å². The van der Waals surface area contributed by atoms with Crippen molar-refractivity contribution in [1.29, 1.82) is 0 Å². The van der Waals surface area contributed by atoms with Crippen molar-refractivity contribution in [1.82, 2.24) is 24.6 Å². The number of benzene rings is 1. The van der Waals surface area contributed by atoms with Crippen molar-refractivity contribution in [2.24, 2.45) is 0 Å². The van der Waals surface area contributed by atoms with Crippen LogP contribution in [0.2, 0.25) is 0 Å². The quantitative estimate of drug-likeness (QED) is 0.547. The minimum atomic E-state index is -1.01. The number of aromatic nitrogens is 5. The van der Waals surface area contributed by atoms with Gasteiger partial charge in [0.25, 0.3) is 11.7 Å². The second-order valence-corrected chi connectivity index (χ2v) is 6.45. The van der Waals surface area contributed by atoms with Crippen LogP contribution in [0.4, 0.5) is 14.5 Å². The van der Waals surface area contributed by atoms with Gasteiger partial charge in [-0.2, -0.15) is 4.98 Å². The Morgan fingerprint density at radius 1 is 1.23 bits per heavy atom. The second kappa shape index (κ2) is 7.47. The lowest BCUT2D eigenvalue weighted by Crippen LogP contribution is -2.14. The number of amides is 1. The average Bonchev–Trinajstić information content (AvgIpc) is 3.26. The molecule has 0 aliphatic carbocycles. The number of halogens is 2. The molecule has 3 heterocycles. The first-order chi connectivity index (χ1) is 14.4. The molecule has 0 aliphatic heterocycles. The highest BCUT2D eigenvalue weighted by Crippen LogP contribution is 2.29. The van der Waals surface area contributed by atoms with Crippen LogP contribution in [-0.2, 0) is 0 Å². The molecule has 1 aromatic carbocycles. The summed E-state index contributed by atoms with van der Waals surface area (Å²) in [6, 6.07) is 2.14. The van der Waals surface area contributed by atoms with E-state index in [2.05, 4.69) is 25.4 Å². The summed E-state index contributed by atoms with van der Waals surface area (Å²) in [4.78, 5) is 24.6. The third-order valence-electron chi connectivity index (χ3n) is 4.25. The minimum absolute atomic E-state index is 0.0515. The summed E-state index contributed by atoms with van der Waals surface area (Å²) in [5, 5.41) is 6.51. The number of hydrogen-bond acceptors (Lipinski definition) is 6. The molecule has 0 unspecified atom stereocenters. The lowest BCUT2D eigenvalue weighted by molar-refractivity contribution is 0.0994. The van der Waals surface area contributed by atoms with Gasteiger partial charge in [0, 0.05) is 24.9 Å². The maximum absolute atomic E-state index is 15.1. The van der Waals surface area contributed by atoms with Crippen LogP contribution in [0.15, 0.2) is 35.0 Å². The number of nitrogens with one attached hydrogen (secondary N) is 1. The van der Waals surface area contributed by atoms with Crippen molar-refractivity contribution in [2.75, 3.05) is 5.32 Å². The van der Waals surface area contributed by atoms with Gasteiger partial charge in [-0.1, -0.05) is 12.2 Å². The topological polar surface area (TPSA) is 98.2 Å². The lowest BCUT2D eigenvalue weighted by atomic mass is 10.1. The third-order valence-corrected chi connectivity index (χ3v) is 4.25. The number of carbonyl (C=O) groups excluding carboxylic acids is 1. The number of oxazole rings is 1. The summed E-state index contributed by atoms with van der Waals surface area (Å²) in [5.74, 6) is -2.35. The molecule has 0 atom stereocenters. The lowest BCUT2D eigenvalue weighted by Gasteiger charge is -2.08. The van der Waals surface area contributed by atoms with Gasteiger partial charge in [0.15, 0.2) is 17.5 Å². The number of hydrogen-bond donors (Lipinski definition) is 1. The molecule has 3 aromatic heterocycles. The van der Waals surface area contributed by atoms with Crippen LogP contribution in [0.25, 0.3) is 23.2 Å². The van der Waals surface area contributed by atoms with Gasteiger partial charge in [0.2, 0.25) is 5.76 Å². The van der Waals surface area contributed by atoms with Crippen molar-refractivity contribution in [3.63, 3.8) is 0 Å². The number of nitrogens with zero attached hydrogens (tertiary/aromatic N) is 5. The van der Waals surface area contributed by atoms with E-state index in [-0.39, 0.29) is 23.0 Å². The Hall–Kier alpha value is -3.95. The normalized spacial score (nSPS) is 11.5. The van der Waals surface area contributed by atoms with E-state index in [9.17, 15) is 9.18 Å². The fourth-order valence-electron chi connectivity index (χ4n) is 2.96. The first-order valence-electron chi connectivity index (χ1n) is 8.96. The van der Waals surface area contributed by atoms with Crippen LogP contribution in [0.5, 0.6) is 0 Å². The number of aryl methyl sites for hydroxylation is 2. The fourth-order valence-corrected chi connectivity index (χ4v) is 2.96. The zero-order chi connectivity index (χ0) is 21.4. The molecule has 152 valence electrons. The molecule has 1 N–H and O–H groups in total. The summed E-state index contributed by atoms with van der Waals surface area (Å²) < 4.78 is 36.1. The molecule has 1 amide bonds. The standard InChI is InChI=1S/C20H16F2N6O2/c1-4-5-12-8-23-20-26-18(27-28(20)9-12)15-13(21)6-7-14(16(15)22)25-19(29)17-10(2)24-11(3)30-17/h4-9H,1-3H3,(H,25,29)/b5-4+. The van der Waals surface area contributed by atoms with Gasteiger partial charge in [-0.3, -0.25) is 4.79 Å². The molecule has 0 saturated carbocycles. The van der Waals surface area contributed by atoms with Crippen LogP contribution >= 0.6 is 0 Å². The minimum Gasteiger partial charge on any atom is -0.436 e. The molecule has 0 saturated heterocycles.